The van der Waals surface area contributed by atoms with E-state index in [1.807, 2.05) is 6.92 Å². The summed E-state index contributed by atoms with van der Waals surface area (Å²) >= 11 is 9.59. The first-order chi connectivity index (χ1) is 9.13. The molecule has 0 fully saturated rings. The van der Waals surface area contributed by atoms with Crippen LogP contribution in [-0.4, -0.2) is 25.7 Å². The van der Waals surface area contributed by atoms with Crippen molar-refractivity contribution in [3.05, 3.63) is 22.2 Å². The van der Waals surface area contributed by atoms with Crippen molar-refractivity contribution in [3.8, 4) is 11.5 Å². The summed E-state index contributed by atoms with van der Waals surface area (Å²) < 4.78 is 12.0. The molecule has 0 bridgehead atoms. The van der Waals surface area contributed by atoms with Gasteiger partial charge in [0.1, 0.15) is 5.38 Å². The van der Waals surface area contributed by atoms with Crippen LogP contribution >= 0.6 is 27.5 Å². The normalized spacial score (nSPS) is 15.5. The molecule has 0 saturated heterocycles. The maximum Gasteiger partial charge on any atom is 0.242 e. The lowest BCUT2D eigenvalue weighted by molar-refractivity contribution is -0.120. The predicted molar refractivity (Wildman–Crippen MR) is 77.0 cm³/mol. The lowest BCUT2D eigenvalue weighted by atomic mass is 10.1. The maximum absolute atomic E-state index is 11.8. The second-order valence-electron chi connectivity index (χ2n) is 4.14. The van der Waals surface area contributed by atoms with E-state index in [0.29, 0.717) is 36.8 Å². The summed E-state index contributed by atoms with van der Waals surface area (Å²) in [5.74, 6) is 1.07. The Kier molecular flexibility index (Phi) is 4.93. The van der Waals surface area contributed by atoms with Gasteiger partial charge >= 0.3 is 0 Å². The van der Waals surface area contributed by atoms with E-state index in [2.05, 4.69) is 21.2 Å². The van der Waals surface area contributed by atoms with Gasteiger partial charge in [0.05, 0.1) is 17.7 Å². The molecule has 104 valence electrons. The number of carbonyl (C=O) groups excluding carboxylic acids is 1. The third kappa shape index (κ3) is 3.34. The number of benzene rings is 1. The summed E-state index contributed by atoms with van der Waals surface area (Å²) in [5, 5.41) is 1.96. The van der Waals surface area contributed by atoms with E-state index in [-0.39, 0.29) is 5.91 Å². The first-order valence-corrected chi connectivity index (χ1v) is 7.37. The summed E-state index contributed by atoms with van der Waals surface area (Å²) in [4.78, 5) is 11.8. The largest absolute Gasteiger partial charge is 0.490 e. The van der Waals surface area contributed by atoms with Crippen LogP contribution in [0.25, 0.3) is 0 Å². The number of halogens is 2. The minimum absolute atomic E-state index is 0.217. The minimum Gasteiger partial charge on any atom is -0.490 e. The van der Waals surface area contributed by atoms with Crippen LogP contribution in [0.5, 0.6) is 11.5 Å². The first kappa shape index (κ1) is 14.5. The van der Waals surface area contributed by atoms with Gasteiger partial charge in [-0.05, 0) is 40.5 Å². The topological polar surface area (TPSA) is 47.6 Å². The van der Waals surface area contributed by atoms with E-state index in [4.69, 9.17) is 21.1 Å². The Labute approximate surface area is 125 Å². The molecule has 0 radical (unpaired) electrons. The van der Waals surface area contributed by atoms with E-state index in [0.717, 1.165) is 10.9 Å². The molecule has 1 aromatic carbocycles. The number of ether oxygens (including phenoxy) is 2. The van der Waals surface area contributed by atoms with Crippen molar-refractivity contribution in [1.82, 2.24) is 5.32 Å². The third-order valence-corrected chi connectivity index (χ3v) is 3.74. The van der Waals surface area contributed by atoms with Gasteiger partial charge in [0.15, 0.2) is 11.5 Å². The Morgan fingerprint density at radius 3 is 2.95 bits per heavy atom. The van der Waals surface area contributed by atoms with Gasteiger partial charge in [-0.2, -0.15) is 0 Å². The average molecular weight is 349 g/mol. The quantitative estimate of drug-likeness (QED) is 0.854. The molecule has 1 aromatic rings. The van der Waals surface area contributed by atoms with Crippen molar-refractivity contribution >= 4 is 33.4 Å². The number of carbonyl (C=O) groups is 1. The minimum atomic E-state index is -0.742. The molecule has 0 saturated carbocycles. The van der Waals surface area contributed by atoms with E-state index in [1.54, 1.807) is 12.1 Å². The molecule has 4 nitrogen and oxygen atoms in total. The van der Waals surface area contributed by atoms with Crippen LogP contribution in [0.2, 0.25) is 0 Å². The molecule has 1 aliphatic rings. The molecule has 0 aliphatic carbocycles. The van der Waals surface area contributed by atoms with Crippen molar-refractivity contribution in [3.63, 3.8) is 0 Å². The van der Waals surface area contributed by atoms with Crippen LogP contribution in [0.4, 0.5) is 0 Å². The summed E-state index contributed by atoms with van der Waals surface area (Å²) in [6, 6.07) is 3.55. The van der Waals surface area contributed by atoms with Crippen LogP contribution in [0.3, 0.4) is 0 Å². The van der Waals surface area contributed by atoms with Crippen molar-refractivity contribution in [2.75, 3.05) is 19.8 Å². The Morgan fingerprint density at radius 1 is 1.47 bits per heavy atom. The van der Waals surface area contributed by atoms with Crippen molar-refractivity contribution in [1.29, 1.82) is 0 Å². The highest BCUT2D eigenvalue weighted by molar-refractivity contribution is 9.10. The van der Waals surface area contributed by atoms with Gasteiger partial charge in [-0.15, -0.1) is 11.6 Å². The smallest absolute Gasteiger partial charge is 0.242 e. The number of amides is 1. The fourth-order valence-electron chi connectivity index (χ4n) is 1.81. The van der Waals surface area contributed by atoms with Crippen LogP contribution in [-0.2, 0) is 4.79 Å². The molecule has 0 aromatic heterocycles. The zero-order chi connectivity index (χ0) is 13.8. The number of nitrogens with one attached hydrogen (secondary N) is 1. The molecule has 1 heterocycles. The van der Waals surface area contributed by atoms with E-state index < -0.39 is 5.38 Å². The van der Waals surface area contributed by atoms with Crippen molar-refractivity contribution < 1.29 is 14.3 Å². The SMILES string of the molecule is CCNC(=O)C(Cl)c1cc(Br)c2c(c1)OCCCO2. The second-order valence-corrected chi connectivity index (χ2v) is 5.43. The maximum atomic E-state index is 11.8. The highest BCUT2D eigenvalue weighted by Gasteiger charge is 2.22. The van der Waals surface area contributed by atoms with Gasteiger partial charge in [-0.3, -0.25) is 4.79 Å². The molecular weight excluding hydrogens is 334 g/mol. The lowest BCUT2D eigenvalue weighted by Crippen LogP contribution is -2.26. The summed E-state index contributed by atoms with van der Waals surface area (Å²) in [6.07, 6.45) is 0.830. The summed E-state index contributed by atoms with van der Waals surface area (Å²) in [7, 11) is 0. The fraction of sp³-hybridized carbons (Fsp3) is 0.462. The van der Waals surface area contributed by atoms with E-state index >= 15 is 0 Å². The molecule has 1 unspecified atom stereocenters. The number of likely N-dealkylation sites (N-methyl/N-ethyl adjacent to an activating group) is 1. The van der Waals surface area contributed by atoms with Gasteiger partial charge < -0.3 is 14.8 Å². The van der Waals surface area contributed by atoms with Crippen LogP contribution in [0, 0.1) is 0 Å². The molecule has 0 spiro atoms. The zero-order valence-corrected chi connectivity index (χ0v) is 12.9. The summed E-state index contributed by atoms with van der Waals surface area (Å²) in [5.41, 5.74) is 0.684. The molecule has 1 N–H and O–H groups in total. The van der Waals surface area contributed by atoms with Gasteiger partial charge in [-0.25, -0.2) is 0 Å². The molecule has 1 amide bonds. The van der Waals surface area contributed by atoms with Crippen molar-refractivity contribution in [2.45, 2.75) is 18.7 Å². The zero-order valence-electron chi connectivity index (χ0n) is 10.5. The van der Waals surface area contributed by atoms with E-state index in [1.165, 1.54) is 0 Å². The van der Waals surface area contributed by atoms with Crippen molar-refractivity contribution in [2.24, 2.45) is 0 Å². The number of hydrogen-bond donors (Lipinski definition) is 1. The Hall–Kier alpha value is -0.940. The molecule has 19 heavy (non-hydrogen) atoms. The molecule has 1 aliphatic heterocycles. The lowest BCUT2D eigenvalue weighted by Gasteiger charge is -2.14. The molecule has 6 heteroatoms. The number of rotatable bonds is 3. The Balaban J connectivity index is 2.30. The van der Waals surface area contributed by atoms with Crippen LogP contribution in [0.1, 0.15) is 24.3 Å². The van der Waals surface area contributed by atoms with E-state index in [9.17, 15) is 4.79 Å². The average Bonchev–Trinajstić information content (AvgIpc) is 2.63. The Morgan fingerprint density at radius 2 is 2.21 bits per heavy atom. The standard InChI is InChI=1S/C13H15BrClNO3/c1-2-16-13(17)11(15)8-6-9(14)12-10(7-8)18-4-3-5-19-12/h6-7,11H,2-5H2,1H3,(H,16,17). The van der Waals surface area contributed by atoms with Crippen LogP contribution in [0.15, 0.2) is 16.6 Å². The van der Waals surface area contributed by atoms with Gasteiger partial charge in [0.2, 0.25) is 5.91 Å². The molecule has 2 rings (SSSR count). The van der Waals surface area contributed by atoms with Gasteiger partial charge in [-0.1, -0.05) is 0 Å². The fourth-order valence-corrected chi connectivity index (χ4v) is 2.59. The highest BCUT2D eigenvalue weighted by Crippen LogP contribution is 2.40. The van der Waals surface area contributed by atoms with Gasteiger partial charge in [0, 0.05) is 13.0 Å². The monoisotopic (exact) mass is 347 g/mol. The summed E-state index contributed by atoms with van der Waals surface area (Å²) in [6.45, 7) is 3.61. The number of fused-ring (bicyclic) bond motifs is 1. The number of alkyl halides is 1. The first-order valence-electron chi connectivity index (χ1n) is 6.14. The number of hydrogen-bond acceptors (Lipinski definition) is 3. The second kappa shape index (κ2) is 6.48. The third-order valence-electron chi connectivity index (χ3n) is 2.70. The predicted octanol–water partition coefficient (Wildman–Crippen LogP) is 3.03. The molecule has 1 atom stereocenters. The highest BCUT2D eigenvalue weighted by atomic mass is 79.9. The Bertz CT molecular complexity index is 481. The molecular formula is C13H15BrClNO3. The van der Waals surface area contributed by atoms with Crippen LogP contribution < -0.4 is 14.8 Å². The van der Waals surface area contributed by atoms with Gasteiger partial charge in [0.25, 0.3) is 0 Å².